The van der Waals surface area contributed by atoms with Crippen molar-refractivity contribution < 1.29 is 9.90 Å². The molecule has 0 bridgehead atoms. The van der Waals surface area contributed by atoms with Gasteiger partial charge >= 0.3 is 5.30 Å². The van der Waals surface area contributed by atoms with Gasteiger partial charge in [-0.25, -0.2) is 4.79 Å². The maximum Gasteiger partial charge on any atom is 0.364 e. The average Bonchev–Trinajstić information content (AvgIpc) is 2.71. The summed E-state index contributed by atoms with van der Waals surface area (Å²) in [4.78, 5) is 10.7. The number of rotatable bonds is 2. The quantitative estimate of drug-likeness (QED) is 0.874. The summed E-state index contributed by atoms with van der Waals surface area (Å²) >= 11 is 0.972. The van der Waals surface area contributed by atoms with Crippen molar-refractivity contribution in [1.82, 2.24) is 0 Å². The average molecular weight is 256 g/mol. The van der Waals surface area contributed by atoms with E-state index in [4.69, 9.17) is 5.11 Å². The van der Waals surface area contributed by atoms with Gasteiger partial charge in [0, 0.05) is 11.7 Å². The lowest BCUT2D eigenvalue weighted by molar-refractivity contribution is 0.222. The molecular formula is C15H12O2S. The molecule has 0 radical (unpaired) electrons. The van der Waals surface area contributed by atoms with E-state index in [0.29, 0.717) is 5.75 Å². The maximum atomic E-state index is 10.7. The third kappa shape index (κ3) is 1.81. The maximum absolute atomic E-state index is 10.7. The highest BCUT2D eigenvalue weighted by molar-refractivity contribution is 8.13. The van der Waals surface area contributed by atoms with E-state index in [1.165, 1.54) is 22.3 Å². The van der Waals surface area contributed by atoms with Crippen LogP contribution in [0.15, 0.2) is 48.5 Å². The number of thioether (sulfide) groups is 1. The zero-order valence-corrected chi connectivity index (χ0v) is 10.5. The molecule has 0 aromatic heterocycles. The summed E-state index contributed by atoms with van der Waals surface area (Å²) < 4.78 is 0. The van der Waals surface area contributed by atoms with Crippen LogP contribution in [-0.2, 0) is 0 Å². The lowest BCUT2D eigenvalue weighted by atomic mass is 9.99. The van der Waals surface area contributed by atoms with E-state index >= 15 is 0 Å². The standard InChI is InChI=1S/C15H12O2S/c16-15(17)18-9-14-12-7-3-1-5-10(12)11-6-2-4-8-13(11)14/h1-8,14H,9H2,(H,16,17). The van der Waals surface area contributed by atoms with E-state index < -0.39 is 5.30 Å². The minimum absolute atomic E-state index is 0.193. The number of carboxylic acid groups (broad SMARTS) is 1. The fourth-order valence-electron chi connectivity index (χ4n) is 2.59. The first-order valence-electron chi connectivity index (χ1n) is 5.81. The second-order valence-corrected chi connectivity index (χ2v) is 5.28. The van der Waals surface area contributed by atoms with Gasteiger partial charge in [-0.15, -0.1) is 0 Å². The first-order valence-corrected chi connectivity index (χ1v) is 6.80. The van der Waals surface area contributed by atoms with Crippen LogP contribution in [0.25, 0.3) is 11.1 Å². The van der Waals surface area contributed by atoms with Crippen molar-refractivity contribution in [3.63, 3.8) is 0 Å². The lowest BCUT2D eigenvalue weighted by Gasteiger charge is -2.11. The Labute approximate surface area is 110 Å². The largest absolute Gasteiger partial charge is 0.473 e. The van der Waals surface area contributed by atoms with Crippen molar-refractivity contribution in [2.45, 2.75) is 5.92 Å². The molecule has 2 aromatic carbocycles. The number of benzene rings is 2. The molecule has 0 unspecified atom stereocenters. The summed E-state index contributed by atoms with van der Waals surface area (Å²) in [5, 5.41) is 8.02. The van der Waals surface area contributed by atoms with Crippen molar-refractivity contribution in [2.75, 3.05) is 5.75 Å². The first kappa shape index (κ1) is 11.4. The molecule has 1 N–H and O–H groups in total. The van der Waals surface area contributed by atoms with Crippen molar-refractivity contribution in [2.24, 2.45) is 0 Å². The van der Waals surface area contributed by atoms with Gasteiger partial charge in [0.2, 0.25) is 0 Å². The van der Waals surface area contributed by atoms with Gasteiger partial charge in [0.25, 0.3) is 0 Å². The summed E-state index contributed by atoms with van der Waals surface area (Å²) in [6.07, 6.45) is 0. The predicted molar refractivity (Wildman–Crippen MR) is 74.2 cm³/mol. The summed E-state index contributed by atoms with van der Waals surface area (Å²) in [7, 11) is 0. The summed E-state index contributed by atoms with van der Waals surface area (Å²) in [5.74, 6) is 0.780. The minimum Gasteiger partial charge on any atom is -0.473 e. The number of fused-ring (bicyclic) bond motifs is 3. The molecule has 0 saturated carbocycles. The predicted octanol–water partition coefficient (Wildman–Crippen LogP) is 4.21. The number of carbonyl (C=O) groups is 1. The Morgan fingerprint density at radius 1 is 1.00 bits per heavy atom. The van der Waals surface area contributed by atoms with E-state index in [1.807, 2.05) is 24.3 Å². The van der Waals surface area contributed by atoms with Crippen molar-refractivity contribution in [3.8, 4) is 11.1 Å². The Morgan fingerprint density at radius 2 is 1.50 bits per heavy atom. The van der Waals surface area contributed by atoms with Crippen molar-refractivity contribution >= 4 is 17.1 Å². The molecule has 3 heteroatoms. The second-order valence-electron chi connectivity index (χ2n) is 4.30. The minimum atomic E-state index is -0.808. The fourth-order valence-corrected chi connectivity index (χ4v) is 3.26. The molecule has 2 aromatic rings. The van der Waals surface area contributed by atoms with Crippen LogP contribution in [0.1, 0.15) is 17.0 Å². The second kappa shape index (κ2) is 4.50. The molecule has 0 aliphatic heterocycles. The van der Waals surface area contributed by atoms with Crippen LogP contribution in [0.5, 0.6) is 0 Å². The van der Waals surface area contributed by atoms with Gasteiger partial charge in [0.1, 0.15) is 0 Å². The van der Waals surface area contributed by atoms with E-state index in [-0.39, 0.29) is 5.92 Å². The lowest BCUT2D eigenvalue weighted by Crippen LogP contribution is -2.01. The van der Waals surface area contributed by atoms with Gasteiger partial charge in [-0.05, 0) is 34.0 Å². The highest BCUT2D eigenvalue weighted by atomic mass is 32.2. The van der Waals surface area contributed by atoms with E-state index in [2.05, 4.69) is 24.3 Å². The zero-order valence-electron chi connectivity index (χ0n) is 9.67. The Kier molecular flexibility index (Phi) is 2.84. The molecule has 18 heavy (non-hydrogen) atoms. The van der Waals surface area contributed by atoms with Crippen LogP contribution in [-0.4, -0.2) is 16.2 Å². The summed E-state index contributed by atoms with van der Waals surface area (Å²) in [6, 6.07) is 16.5. The Hall–Kier alpha value is -1.74. The third-order valence-electron chi connectivity index (χ3n) is 3.34. The van der Waals surface area contributed by atoms with Gasteiger partial charge < -0.3 is 5.11 Å². The molecule has 0 heterocycles. The Bertz CT molecular complexity index is 561. The van der Waals surface area contributed by atoms with Crippen LogP contribution >= 0.6 is 11.8 Å². The van der Waals surface area contributed by atoms with Gasteiger partial charge in [0.15, 0.2) is 0 Å². The third-order valence-corrected chi connectivity index (χ3v) is 4.08. The van der Waals surface area contributed by atoms with Crippen LogP contribution in [0.3, 0.4) is 0 Å². The smallest absolute Gasteiger partial charge is 0.364 e. The van der Waals surface area contributed by atoms with Crippen LogP contribution in [0.4, 0.5) is 4.79 Å². The van der Waals surface area contributed by atoms with Crippen molar-refractivity contribution in [1.29, 1.82) is 0 Å². The van der Waals surface area contributed by atoms with E-state index in [0.717, 1.165) is 11.8 Å². The highest BCUT2D eigenvalue weighted by Crippen LogP contribution is 2.45. The first-order chi connectivity index (χ1) is 8.77. The Balaban J connectivity index is 2.06. The van der Waals surface area contributed by atoms with Crippen LogP contribution in [0.2, 0.25) is 0 Å². The molecular weight excluding hydrogens is 244 g/mol. The summed E-state index contributed by atoms with van der Waals surface area (Å²) in [5.41, 5.74) is 4.97. The molecule has 90 valence electrons. The summed E-state index contributed by atoms with van der Waals surface area (Å²) in [6.45, 7) is 0. The molecule has 0 atom stereocenters. The van der Waals surface area contributed by atoms with E-state index in [9.17, 15) is 4.79 Å². The Morgan fingerprint density at radius 3 is 2.00 bits per heavy atom. The SMILES string of the molecule is O=C(O)SCC1c2ccccc2-c2ccccc21. The molecule has 0 spiro atoms. The van der Waals surface area contributed by atoms with Gasteiger partial charge in [0.05, 0.1) is 0 Å². The monoisotopic (exact) mass is 256 g/mol. The molecule has 1 aliphatic rings. The zero-order chi connectivity index (χ0) is 12.5. The van der Waals surface area contributed by atoms with Crippen LogP contribution < -0.4 is 0 Å². The van der Waals surface area contributed by atoms with Crippen molar-refractivity contribution in [3.05, 3.63) is 59.7 Å². The van der Waals surface area contributed by atoms with Gasteiger partial charge in [-0.3, -0.25) is 0 Å². The van der Waals surface area contributed by atoms with Gasteiger partial charge in [-0.1, -0.05) is 48.5 Å². The molecule has 0 saturated heterocycles. The highest BCUT2D eigenvalue weighted by Gasteiger charge is 2.28. The molecule has 0 amide bonds. The topological polar surface area (TPSA) is 37.3 Å². The molecule has 0 fully saturated rings. The van der Waals surface area contributed by atoms with Crippen LogP contribution in [0, 0.1) is 0 Å². The van der Waals surface area contributed by atoms with E-state index in [1.54, 1.807) is 0 Å². The normalized spacial score (nSPS) is 13.1. The molecule has 1 aliphatic carbocycles. The number of hydrogen-bond acceptors (Lipinski definition) is 2. The molecule has 3 rings (SSSR count). The van der Waals surface area contributed by atoms with Gasteiger partial charge in [-0.2, -0.15) is 0 Å². The fraction of sp³-hybridized carbons (Fsp3) is 0.133. The molecule has 2 nitrogen and oxygen atoms in total. The number of hydrogen-bond donors (Lipinski definition) is 1.